The first-order chi connectivity index (χ1) is 9.27. The van der Waals surface area contributed by atoms with Crippen molar-refractivity contribution in [3.8, 4) is 5.75 Å². The molecule has 19 heavy (non-hydrogen) atoms. The van der Waals surface area contributed by atoms with E-state index in [9.17, 15) is 0 Å². The van der Waals surface area contributed by atoms with E-state index >= 15 is 0 Å². The van der Waals surface area contributed by atoms with Crippen LogP contribution in [0.5, 0.6) is 5.75 Å². The summed E-state index contributed by atoms with van der Waals surface area (Å²) in [6.45, 7) is 7.25. The van der Waals surface area contributed by atoms with Crippen molar-refractivity contribution in [2.24, 2.45) is 0 Å². The fourth-order valence-corrected chi connectivity index (χ4v) is 2.26. The van der Waals surface area contributed by atoms with E-state index in [2.05, 4.69) is 31.3 Å². The number of unbranched alkanes of at least 4 members (excludes halogenated alkanes) is 4. The third-order valence-electron chi connectivity index (χ3n) is 3.33. The molecule has 0 aliphatic carbocycles. The number of nitrogens with one attached hydrogen (secondary N) is 1. The fourth-order valence-electron chi connectivity index (χ4n) is 2.26. The minimum absolute atomic E-state index is 0.503. The van der Waals surface area contributed by atoms with Gasteiger partial charge in [-0.15, -0.1) is 0 Å². The summed E-state index contributed by atoms with van der Waals surface area (Å²) >= 11 is 0. The molecule has 108 valence electrons. The van der Waals surface area contributed by atoms with Gasteiger partial charge in [0.05, 0.1) is 12.3 Å². The molecule has 0 amide bonds. The average molecular weight is 263 g/mol. The van der Waals surface area contributed by atoms with Crippen LogP contribution in [0.1, 0.15) is 59.3 Å². The van der Waals surface area contributed by atoms with Crippen molar-refractivity contribution < 1.29 is 4.74 Å². The molecule has 0 fully saturated rings. The Morgan fingerprint density at radius 2 is 1.79 bits per heavy atom. The van der Waals surface area contributed by atoms with Gasteiger partial charge in [-0.2, -0.15) is 0 Å². The number of hydrogen-bond acceptors (Lipinski definition) is 2. The van der Waals surface area contributed by atoms with Crippen molar-refractivity contribution in [2.75, 3.05) is 11.9 Å². The standard InChI is InChI=1S/C17H29NO/c1-4-6-7-8-9-12-15(3)18-16-13-10-11-14-17(16)19-5-2/h10-11,13-15,18H,4-9,12H2,1-3H3. The summed E-state index contributed by atoms with van der Waals surface area (Å²) in [5.74, 6) is 0.961. The van der Waals surface area contributed by atoms with E-state index in [1.54, 1.807) is 0 Å². The Kier molecular flexibility index (Phi) is 8.11. The molecule has 0 radical (unpaired) electrons. The highest BCUT2D eigenvalue weighted by Gasteiger charge is 2.06. The van der Waals surface area contributed by atoms with Gasteiger partial charge >= 0.3 is 0 Å². The molecule has 0 aromatic heterocycles. The van der Waals surface area contributed by atoms with E-state index in [4.69, 9.17) is 4.74 Å². The maximum absolute atomic E-state index is 5.63. The van der Waals surface area contributed by atoms with Crippen LogP contribution in [0, 0.1) is 0 Å². The maximum atomic E-state index is 5.63. The first-order valence-electron chi connectivity index (χ1n) is 7.76. The van der Waals surface area contributed by atoms with Crippen LogP contribution in [0.25, 0.3) is 0 Å². The van der Waals surface area contributed by atoms with Gasteiger partial charge in [0, 0.05) is 6.04 Å². The summed E-state index contributed by atoms with van der Waals surface area (Å²) in [5, 5.41) is 3.56. The molecule has 0 heterocycles. The highest BCUT2D eigenvalue weighted by atomic mass is 16.5. The molecular formula is C17H29NO. The third-order valence-corrected chi connectivity index (χ3v) is 3.33. The molecular weight excluding hydrogens is 234 g/mol. The lowest BCUT2D eigenvalue weighted by Gasteiger charge is -2.18. The number of rotatable bonds is 10. The quantitative estimate of drug-likeness (QED) is 0.582. The van der Waals surface area contributed by atoms with Gasteiger partial charge < -0.3 is 10.1 Å². The third kappa shape index (κ3) is 6.51. The smallest absolute Gasteiger partial charge is 0.142 e. The molecule has 0 spiro atoms. The van der Waals surface area contributed by atoms with E-state index < -0.39 is 0 Å². The zero-order valence-corrected chi connectivity index (χ0v) is 12.7. The molecule has 1 atom stereocenters. The van der Waals surface area contributed by atoms with Gasteiger partial charge in [-0.05, 0) is 32.4 Å². The lowest BCUT2D eigenvalue weighted by molar-refractivity contribution is 0.341. The maximum Gasteiger partial charge on any atom is 0.142 e. The van der Waals surface area contributed by atoms with Crippen molar-refractivity contribution in [1.29, 1.82) is 0 Å². The normalized spacial score (nSPS) is 12.2. The van der Waals surface area contributed by atoms with E-state index in [1.807, 2.05) is 19.1 Å². The number of benzene rings is 1. The molecule has 0 aliphatic heterocycles. The number of para-hydroxylation sites is 2. The molecule has 1 aromatic carbocycles. The minimum Gasteiger partial charge on any atom is -0.492 e. The molecule has 1 aromatic rings. The largest absolute Gasteiger partial charge is 0.492 e. The summed E-state index contributed by atoms with van der Waals surface area (Å²) < 4.78 is 5.63. The number of anilines is 1. The van der Waals surface area contributed by atoms with E-state index in [1.165, 1.54) is 38.5 Å². The molecule has 2 nitrogen and oxygen atoms in total. The summed E-state index contributed by atoms with van der Waals surface area (Å²) in [5.41, 5.74) is 1.12. The topological polar surface area (TPSA) is 21.3 Å². The van der Waals surface area contributed by atoms with Crippen LogP contribution in [0.2, 0.25) is 0 Å². The first kappa shape index (κ1) is 15.9. The molecule has 0 bridgehead atoms. The van der Waals surface area contributed by atoms with Crippen molar-refractivity contribution in [2.45, 2.75) is 65.3 Å². The lowest BCUT2D eigenvalue weighted by Crippen LogP contribution is -2.15. The van der Waals surface area contributed by atoms with Crippen molar-refractivity contribution in [3.63, 3.8) is 0 Å². The van der Waals surface area contributed by atoms with E-state index in [0.717, 1.165) is 11.4 Å². The predicted octanol–water partition coefficient (Wildman–Crippen LogP) is 5.25. The molecule has 1 unspecified atom stereocenters. The van der Waals surface area contributed by atoms with Crippen LogP contribution >= 0.6 is 0 Å². The molecule has 0 saturated heterocycles. The SMILES string of the molecule is CCCCCCCC(C)Nc1ccccc1OCC. The molecule has 2 heteroatoms. The van der Waals surface area contributed by atoms with Crippen LogP contribution < -0.4 is 10.1 Å². The zero-order chi connectivity index (χ0) is 13.9. The summed E-state index contributed by atoms with van der Waals surface area (Å²) in [6, 6.07) is 8.70. The molecule has 0 aliphatic rings. The summed E-state index contributed by atoms with van der Waals surface area (Å²) in [4.78, 5) is 0. The molecule has 1 N–H and O–H groups in total. The molecule has 0 saturated carbocycles. The van der Waals surface area contributed by atoms with Gasteiger partial charge in [-0.25, -0.2) is 0 Å². The van der Waals surface area contributed by atoms with E-state index in [0.29, 0.717) is 12.6 Å². The zero-order valence-electron chi connectivity index (χ0n) is 12.7. The van der Waals surface area contributed by atoms with Gasteiger partial charge in [0.15, 0.2) is 0 Å². The second kappa shape index (κ2) is 9.71. The lowest BCUT2D eigenvalue weighted by atomic mass is 10.1. The van der Waals surface area contributed by atoms with Crippen molar-refractivity contribution in [1.82, 2.24) is 0 Å². The predicted molar refractivity (Wildman–Crippen MR) is 84.1 cm³/mol. The van der Waals surface area contributed by atoms with Crippen molar-refractivity contribution >= 4 is 5.69 Å². The Morgan fingerprint density at radius 3 is 2.53 bits per heavy atom. The van der Waals surface area contributed by atoms with Crippen LogP contribution in [0.15, 0.2) is 24.3 Å². The van der Waals surface area contributed by atoms with Crippen LogP contribution in [0.3, 0.4) is 0 Å². The Hall–Kier alpha value is -1.18. The van der Waals surface area contributed by atoms with E-state index in [-0.39, 0.29) is 0 Å². The van der Waals surface area contributed by atoms with Gasteiger partial charge in [-0.3, -0.25) is 0 Å². The van der Waals surface area contributed by atoms with Crippen molar-refractivity contribution in [3.05, 3.63) is 24.3 Å². The fraction of sp³-hybridized carbons (Fsp3) is 0.647. The number of ether oxygens (including phenoxy) is 1. The Balaban J connectivity index is 2.33. The van der Waals surface area contributed by atoms with Gasteiger partial charge in [0.25, 0.3) is 0 Å². The molecule has 1 rings (SSSR count). The van der Waals surface area contributed by atoms with Crippen LogP contribution in [-0.2, 0) is 0 Å². The van der Waals surface area contributed by atoms with Gasteiger partial charge in [0.2, 0.25) is 0 Å². The van der Waals surface area contributed by atoms with Crippen LogP contribution in [0.4, 0.5) is 5.69 Å². The highest BCUT2D eigenvalue weighted by Crippen LogP contribution is 2.25. The second-order valence-electron chi connectivity index (χ2n) is 5.18. The van der Waals surface area contributed by atoms with Gasteiger partial charge in [0.1, 0.15) is 5.75 Å². The summed E-state index contributed by atoms with van der Waals surface area (Å²) in [7, 11) is 0. The highest BCUT2D eigenvalue weighted by molar-refractivity contribution is 5.56. The average Bonchev–Trinajstić information content (AvgIpc) is 2.41. The Morgan fingerprint density at radius 1 is 1.05 bits per heavy atom. The first-order valence-corrected chi connectivity index (χ1v) is 7.76. The Labute approximate surface area is 118 Å². The minimum atomic E-state index is 0.503. The number of hydrogen-bond donors (Lipinski definition) is 1. The Bertz CT molecular complexity index is 338. The summed E-state index contributed by atoms with van der Waals surface area (Å²) in [6.07, 6.45) is 7.95. The van der Waals surface area contributed by atoms with Crippen LogP contribution in [-0.4, -0.2) is 12.6 Å². The second-order valence-corrected chi connectivity index (χ2v) is 5.18. The monoisotopic (exact) mass is 263 g/mol. The van der Waals surface area contributed by atoms with Gasteiger partial charge in [-0.1, -0.05) is 51.2 Å².